The summed E-state index contributed by atoms with van der Waals surface area (Å²) in [7, 11) is 0. The van der Waals surface area contributed by atoms with Crippen LogP contribution in [0.1, 0.15) is 31.7 Å². The van der Waals surface area contributed by atoms with Crippen LogP contribution in [0.4, 0.5) is 24.5 Å². The molecule has 0 radical (unpaired) electrons. The zero-order valence-electron chi connectivity index (χ0n) is 10.7. The van der Waals surface area contributed by atoms with E-state index in [1.54, 1.807) is 0 Å². The number of alkyl halides is 3. The third-order valence-corrected chi connectivity index (χ3v) is 2.50. The van der Waals surface area contributed by atoms with E-state index in [1.165, 1.54) is 0 Å². The molecule has 20 heavy (non-hydrogen) atoms. The highest BCUT2D eigenvalue weighted by atomic mass is 19.4. The highest BCUT2D eigenvalue weighted by Gasteiger charge is 2.32. The van der Waals surface area contributed by atoms with Crippen molar-refractivity contribution >= 4 is 17.3 Å². The topological polar surface area (TPSA) is 72.2 Å². The van der Waals surface area contributed by atoms with Gasteiger partial charge >= 0.3 is 6.18 Å². The molecule has 0 aliphatic carbocycles. The molecular formula is C12H13F3N2O3. The Kier molecular flexibility index (Phi) is 5.06. The Hall–Kier alpha value is -2.12. The lowest BCUT2D eigenvalue weighted by atomic mass is 10.1. The number of nitrogens with one attached hydrogen (secondary N) is 1. The van der Waals surface area contributed by atoms with E-state index in [2.05, 4.69) is 5.32 Å². The summed E-state index contributed by atoms with van der Waals surface area (Å²) in [5.74, 6) is -0.472. The third-order valence-electron chi connectivity index (χ3n) is 2.50. The van der Waals surface area contributed by atoms with E-state index >= 15 is 0 Å². The Morgan fingerprint density at radius 1 is 1.35 bits per heavy atom. The van der Waals surface area contributed by atoms with E-state index in [-0.39, 0.29) is 12.1 Å². The summed E-state index contributed by atoms with van der Waals surface area (Å²) in [5.41, 5.74) is -2.12. The smallest absolute Gasteiger partial charge is 0.326 e. The number of amides is 1. The van der Waals surface area contributed by atoms with Gasteiger partial charge in [0.15, 0.2) is 0 Å². The van der Waals surface area contributed by atoms with Gasteiger partial charge in [-0.1, -0.05) is 13.3 Å². The zero-order chi connectivity index (χ0) is 15.3. The molecule has 1 aromatic rings. The molecule has 5 nitrogen and oxygen atoms in total. The van der Waals surface area contributed by atoms with Gasteiger partial charge in [-0.2, -0.15) is 13.2 Å². The number of halogens is 3. The van der Waals surface area contributed by atoms with Crippen LogP contribution in [0, 0.1) is 10.1 Å². The van der Waals surface area contributed by atoms with Gasteiger partial charge in [0.2, 0.25) is 5.91 Å². The monoisotopic (exact) mass is 290 g/mol. The van der Waals surface area contributed by atoms with Crippen LogP contribution < -0.4 is 5.32 Å². The van der Waals surface area contributed by atoms with Crippen LogP contribution >= 0.6 is 0 Å². The number of anilines is 1. The Labute approximate surface area is 112 Å². The van der Waals surface area contributed by atoms with Gasteiger partial charge < -0.3 is 5.32 Å². The molecule has 110 valence electrons. The number of nitro groups is 1. The minimum Gasteiger partial charge on any atom is -0.326 e. The molecule has 1 N–H and O–H groups in total. The second-order valence-corrected chi connectivity index (χ2v) is 4.18. The summed E-state index contributed by atoms with van der Waals surface area (Å²) in [6.07, 6.45) is -3.21. The van der Waals surface area contributed by atoms with E-state index in [0.717, 1.165) is 12.5 Å². The van der Waals surface area contributed by atoms with Gasteiger partial charge in [-0.15, -0.1) is 0 Å². The normalized spacial score (nSPS) is 11.2. The molecule has 0 aromatic heterocycles. The first kappa shape index (κ1) is 15.9. The molecule has 8 heteroatoms. The Morgan fingerprint density at radius 2 is 2.00 bits per heavy atom. The third kappa shape index (κ3) is 4.52. The van der Waals surface area contributed by atoms with Gasteiger partial charge in [-0.3, -0.25) is 14.9 Å². The van der Waals surface area contributed by atoms with Gasteiger partial charge in [0.1, 0.15) is 0 Å². The van der Waals surface area contributed by atoms with Crippen molar-refractivity contribution < 1.29 is 22.9 Å². The quantitative estimate of drug-likeness (QED) is 0.663. The maximum absolute atomic E-state index is 12.6. The number of benzene rings is 1. The van der Waals surface area contributed by atoms with Crippen molar-refractivity contribution in [2.24, 2.45) is 0 Å². The van der Waals surface area contributed by atoms with Crippen LogP contribution in [0.15, 0.2) is 18.2 Å². The Morgan fingerprint density at radius 3 is 2.50 bits per heavy atom. The maximum atomic E-state index is 12.6. The number of rotatable bonds is 5. The number of nitro benzene ring substituents is 1. The number of non-ortho nitro benzene ring substituents is 1. The standard InChI is InChI=1S/C12H13F3N2O3/c1-2-3-4-11(18)16-9-5-8(12(13,14)15)6-10(7-9)17(19)20/h5-7H,2-4H2,1H3,(H,16,18). The van der Waals surface area contributed by atoms with Gasteiger partial charge in [0.25, 0.3) is 5.69 Å². The molecule has 1 aromatic carbocycles. The van der Waals surface area contributed by atoms with Gasteiger partial charge in [-0.25, -0.2) is 0 Å². The molecule has 0 saturated heterocycles. The predicted octanol–water partition coefficient (Wildman–Crippen LogP) is 3.74. The maximum Gasteiger partial charge on any atom is 0.416 e. The molecule has 0 atom stereocenters. The molecule has 1 amide bonds. The summed E-state index contributed by atoms with van der Waals surface area (Å²) in [4.78, 5) is 21.1. The highest BCUT2D eigenvalue weighted by molar-refractivity contribution is 5.91. The van der Waals surface area contributed by atoms with Crippen LogP contribution in [0.25, 0.3) is 0 Å². The average Bonchev–Trinajstić information content (AvgIpc) is 2.34. The molecule has 0 aliphatic heterocycles. The second-order valence-electron chi connectivity index (χ2n) is 4.18. The summed E-state index contributed by atoms with van der Waals surface area (Å²) >= 11 is 0. The minimum absolute atomic E-state index is 0.153. The molecule has 0 unspecified atom stereocenters. The van der Waals surface area contributed by atoms with Crippen LogP contribution in [-0.4, -0.2) is 10.8 Å². The number of hydrogen-bond donors (Lipinski definition) is 1. The van der Waals surface area contributed by atoms with Crippen molar-refractivity contribution in [2.45, 2.75) is 32.4 Å². The number of carbonyl (C=O) groups excluding carboxylic acids is 1. The first-order valence-corrected chi connectivity index (χ1v) is 5.90. The fraction of sp³-hybridized carbons (Fsp3) is 0.417. The molecule has 0 aliphatic rings. The molecular weight excluding hydrogens is 277 g/mol. The molecule has 0 bridgehead atoms. The number of unbranched alkanes of at least 4 members (excludes halogenated alkanes) is 1. The van der Waals surface area contributed by atoms with Crippen molar-refractivity contribution in [3.63, 3.8) is 0 Å². The fourth-order valence-electron chi connectivity index (χ4n) is 1.51. The minimum atomic E-state index is -4.71. The van der Waals surface area contributed by atoms with Gasteiger partial charge in [0, 0.05) is 24.2 Å². The summed E-state index contributed by atoms with van der Waals surface area (Å²) in [5, 5.41) is 12.9. The second kappa shape index (κ2) is 6.36. The van der Waals surface area contributed by atoms with E-state index < -0.39 is 28.3 Å². The van der Waals surface area contributed by atoms with Crippen molar-refractivity contribution in [3.05, 3.63) is 33.9 Å². The summed E-state index contributed by atoms with van der Waals surface area (Å²) in [6.45, 7) is 1.86. The molecule has 0 saturated carbocycles. The van der Waals surface area contributed by atoms with Crippen LogP contribution in [0.3, 0.4) is 0 Å². The Bertz CT molecular complexity index is 515. The molecule has 0 heterocycles. The van der Waals surface area contributed by atoms with E-state index in [9.17, 15) is 28.1 Å². The first-order valence-electron chi connectivity index (χ1n) is 5.90. The van der Waals surface area contributed by atoms with Crippen molar-refractivity contribution in [1.82, 2.24) is 0 Å². The van der Waals surface area contributed by atoms with Gasteiger partial charge in [-0.05, 0) is 12.5 Å². The van der Waals surface area contributed by atoms with Crippen molar-refractivity contribution in [2.75, 3.05) is 5.32 Å². The lowest BCUT2D eigenvalue weighted by molar-refractivity contribution is -0.385. The van der Waals surface area contributed by atoms with Gasteiger partial charge in [0.05, 0.1) is 10.5 Å². The molecule has 0 fully saturated rings. The van der Waals surface area contributed by atoms with Crippen LogP contribution in [0.2, 0.25) is 0 Å². The van der Waals surface area contributed by atoms with E-state index in [0.29, 0.717) is 18.6 Å². The number of carbonyl (C=O) groups is 1. The number of hydrogen-bond acceptors (Lipinski definition) is 3. The summed E-state index contributed by atoms with van der Waals surface area (Å²) < 4.78 is 37.8. The Balaban J connectivity index is 3.04. The van der Waals surface area contributed by atoms with Crippen molar-refractivity contribution in [1.29, 1.82) is 0 Å². The van der Waals surface area contributed by atoms with Crippen LogP contribution in [-0.2, 0) is 11.0 Å². The SMILES string of the molecule is CCCCC(=O)Nc1cc([N+](=O)[O-])cc(C(F)(F)F)c1. The zero-order valence-corrected chi connectivity index (χ0v) is 10.7. The van der Waals surface area contributed by atoms with E-state index in [4.69, 9.17) is 0 Å². The lowest BCUT2D eigenvalue weighted by Crippen LogP contribution is -2.13. The largest absolute Gasteiger partial charge is 0.416 e. The molecule has 1 rings (SSSR count). The first-order chi connectivity index (χ1) is 9.24. The predicted molar refractivity (Wildman–Crippen MR) is 66.3 cm³/mol. The molecule has 0 spiro atoms. The fourth-order valence-corrected chi connectivity index (χ4v) is 1.51. The van der Waals surface area contributed by atoms with Crippen LogP contribution in [0.5, 0.6) is 0 Å². The van der Waals surface area contributed by atoms with E-state index in [1.807, 2.05) is 6.92 Å². The number of nitrogens with zero attached hydrogens (tertiary/aromatic N) is 1. The van der Waals surface area contributed by atoms with Crippen molar-refractivity contribution in [3.8, 4) is 0 Å². The lowest BCUT2D eigenvalue weighted by Gasteiger charge is -2.10. The highest BCUT2D eigenvalue weighted by Crippen LogP contribution is 2.34. The average molecular weight is 290 g/mol. The summed E-state index contributed by atoms with van der Waals surface area (Å²) in [6, 6.07) is 2.01.